The molecule has 5 aliphatic rings. The predicted molar refractivity (Wildman–Crippen MR) is 129 cm³/mol. The number of allylic oxidation sites excluding steroid dienone is 1. The van der Waals surface area contributed by atoms with Crippen molar-refractivity contribution in [3.05, 3.63) is 11.6 Å². The second-order valence-electron chi connectivity index (χ2n) is 12.7. The third-order valence-corrected chi connectivity index (χ3v) is 11.0. The van der Waals surface area contributed by atoms with Crippen LogP contribution < -0.4 is 0 Å². The minimum absolute atomic E-state index is 0.00283. The lowest BCUT2D eigenvalue weighted by Crippen LogP contribution is -2.58. The van der Waals surface area contributed by atoms with Crippen molar-refractivity contribution in [3.63, 3.8) is 0 Å². The van der Waals surface area contributed by atoms with Gasteiger partial charge in [0.1, 0.15) is 12.2 Å². The topological polar surface area (TPSA) is 69.7 Å². The van der Waals surface area contributed by atoms with Gasteiger partial charge in [-0.05, 0) is 91.9 Å². The Kier molecular flexibility index (Phi) is 6.00. The zero-order valence-corrected chi connectivity index (χ0v) is 21.6. The normalized spacial score (nSPS) is 47.0. The van der Waals surface area contributed by atoms with Crippen LogP contribution in [0.4, 0.5) is 0 Å². The van der Waals surface area contributed by atoms with E-state index in [1.165, 1.54) is 18.9 Å². The number of cyclic esters (lactones) is 1. The first kappa shape index (κ1) is 24.1. The summed E-state index contributed by atoms with van der Waals surface area (Å²) in [6, 6.07) is 0. The van der Waals surface area contributed by atoms with Crippen LogP contribution >= 0.6 is 0 Å². The van der Waals surface area contributed by atoms with Crippen LogP contribution in [0.25, 0.3) is 0 Å². The van der Waals surface area contributed by atoms with Crippen molar-refractivity contribution in [3.8, 4) is 0 Å². The van der Waals surface area contributed by atoms with Gasteiger partial charge in [0.05, 0.1) is 5.92 Å². The van der Waals surface area contributed by atoms with Crippen molar-refractivity contribution in [2.45, 2.75) is 105 Å². The van der Waals surface area contributed by atoms with Crippen LogP contribution in [0.2, 0.25) is 0 Å². The largest absolute Gasteiger partial charge is 0.462 e. The molecule has 0 bridgehead atoms. The summed E-state index contributed by atoms with van der Waals surface area (Å²) in [5.74, 6) is 2.16. The molecule has 0 unspecified atom stereocenters. The Balaban J connectivity index is 1.46. The highest BCUT2D eigenvalue weighted by atomic mass is 16.5. The van der Waals surface area contributed by atoms with Gasteiger partial charge in [0.15, 0.2) is 5.78 Å². The van der Waals surface area contributed by atoms with Gasteiger partial charge in [-0.25, -0.2) is 0 Å². The molecule has 0 aromatic rings. The van der Waals surface area contributed by atoms with Crippen molar-refractivity contribution >= 4 is 17.7 Å². The number of fused-ring (bicyclic) bond motifs is 5. The molecule has 1 saturated heterocycles. The van der Waals surface area contributed by atoms with Crippen molar-refractivity contribution in [1.82, 2.24) is 0 Å². The Hall–Kier alpha value is -1.65. The average Bonchev–Trinajstić information content (AvgIpc) is 3.11. The zero-order valence-electron chi connectivity index (χ0n) is 21.6. The maximum absolute atomic E-state index is 12.3. The molecule has 5 nitrogen and oxygen atoms in total. The standard InChI is InChI=1S/C29H42O5/c1-16-6-11-24(34-27(16)32)17(2)22-9-10-23-21-8-7-19-14-20(31)12-13-28(19,4)26(21)25(33-18(3)30)15-29(22,23)5/h14,16-17,21-26H,6-13,15H2,1-5H3/t16-,17-,21-,22+,23-,24+,25+,26+,28-,29+/m0/s1. The van der Waals surface area contributed by atoms with E-state index in [9.17, 15) is 14.4 Å². The molecule has 0 aromatic heterocycles. The summed E-state index contributed by atoms with van der Waals surface area (Å²) in [6.07, 6.45) is 10.4. The average molecular weight is 471 g/mol. The molecule has 0 amide bonds. The van der Waals surface area contributed by atoms with Gasteiger partial charge in [-0.3, -0.25) is 14.4 Å². The molecule has 4 aliphatic carbocycles. The van der Waals surface area contributed by atoms with E-state index in [0.717, 1.165) is 44.9 Å². The van der Waals surface area contributed by atoms with E-state index in [1.54, 1.807) is 0 Å². The molecule has 1 aliphatic heterocycles. The van der Waals surface area contributed by atoms with Crippen LogP contribution in [0.5, 0.6) is 0 Å². The van der Waals surface area contributed by atoms with E-state index >= 15 is 0 Å². The molecular weight excluding hydrogens is 428 g/mol. The first-order valence-electron chi connectivity index (χ1n) is 13.7. The van der Waals surface area contributed by atoms with E-state index in [4.69, 9.17) is 9.47 Å². The highest BCUT2D eigenvalue weighted by molar-refractivity contribution is 5.91. The molecule has 5 heteroatoms. The van der Waals surface area contributed by atoms with Gasteiger partial charge >= 0.3 is 11.9 Å². The molecular formula is C29H42O5. The summed E-state index contributed by atoms with van der Waals surface area (Å²) in [5.41, 5.74) is 1.30. The quantitative estimate of drug-likeness (QED) is 0.498. The monoisotopic (exact) mass is 470 g/mol. The fourth-order valence-corrected chi connectivity index (χ4v) is 9.36. The number of hydrogen-bond acceptors (Lipinski definition) is 5. The van der Waals surface area contributed by atoms with Crippen molar-refractivity contribution < 1.29 is 23.9 Å². The van der Waals surface area contributed by atoms with E-state index in [-0.39, 0.29) is 52.6 Å². The maximum Gasteiger partial charge on any atom is 0.308 e. The zero-order chi connectivity index (χ0) is 24.4. The van der Waals surface area contributed by atoms with Crippen molar-refractivity contribution in [1.29, 1.82) is 0 Å². The number of rotatable bonds is 3. The van der Waals surface area contributed by atoms with Crippen LogP contribution in [-0.4, -0.2) is 29.9 Å². The highest BCUT2D eigenvalue weighted by Gasteiger charge is 2.64. The maximum atomic E-state index is 12.3. The number of ether oxygens (including phenoxy) is 2. The molecule has 188 valence electrons. The van der Waals surface area contributed by atoms with Crippen LogP contribution in [-0.2, 0) is 23.9 Å². The van der Waals surface area contributed by atoms with Crippen molar-refractivity contribution in [2.75, 3.05) is 0 Å². The molecule has 0 N–H and O–H groups in total. The highest BCUT2D eigenvalue weighted by Crippen LogP contribution is 2.68. The molecule has 10 atom stereocenters. The fourth-order valence-electron chi connectivity index (χ4n) is 9.36. The van der Waals surface area contributed by atoms with Gasteiger partial charge in [-0.2, -0.15) is 0 Å². The van der Waals surface area contributed by atoms with E-state index in [0.29, 0.717) is 30.1 Å². The lowest BCUT2D eigenvalue weighted by molar-refractivity contribution is -0.182. The van der Waals surface area contributed by atoms with E-state index < -0.39 is 0 Å². The molecule has 5 rings (SSSR count). The molecule has 3 saturated carbocycles. The summed E-state index contributed by atoms with van der Waals surface area (Å²) in [5, 5.41) is 0. The molecule has 4 fully saturated rings. The first-order chi connectivity index (χ1) is 16.0. The minimum Gasteiger partial charge on any atom is -0.462 e. The smallest absolute Gasteiger partial charge is 0.308 e. The summed E-state index contributed by atoms with van der Waals surface area (Å²) in [6.45, 7) is 10.6. The second-order valence-corrected chi connectivity index (χ2v) is 12.7. The van der Waals surface area contributed by atoms with Crippen molar-refractivity contribution in [2.24, 2.45) is 46.3 Å². The number of carbonyl (C=O) groups excluding carboxylic acids is 3. The first-order valence-corrected chi connectivity index (χ1v) is 13.7. The number of carbonyl (C=O) groups is 3. The van der Waals surface area contributed by atoms with Gasteiger partial charge in [0.25, 0.3) is 0 Å². The Morgan fingerprint density at radius 1 is 1.12 bits per heavy atom. The Labute approximate surface area is 204 Å². The van der Waals surface area contributed by atoms with Crippen LogP contribution in [0.3, 0.4) is 0 Å². The van der Waals surface area contributed by atoms with Crippen LogP contribution in [0.1, 0.15) is 92.4 Å². The summed E-state index contributed by atoms with van der Waals surface area (Å²) in [7, 11) is 0. The molecule has 34 heavy (non-hydrogen) atoms. The SMILES string of the molecule is CC(=O)O[C@@H]1C[C@]2(C)[C@@H]([C@H](C)[C@H]3CC[C@H](C)C(=O)O3)CC[C@H]2[C@@H]2CCC3=CC(=O)CC[C@]3(C)[C@H]21. The van der Waals surface area contributed by atoms with Gasteiger partial charge in [0.2, 0.25) is 0 Å². The Morgan fingerprint density at radius 2 is 1.88 bits per heavy atom. The van der Waals surface area contributed by atoms with Gasteiger partial charge in [-0.1, -0.05) is 33.3 Å². The molecule has 0 radical (unpaired) electrons. The second kappa shape index (κ2) is 8.48. The molecule has 1 heterocycles. The molecule has 0 spiro atoms. The Bertz CT molecular complexity index is 906. The summed E-state index contributed by atoms with van der Waals surface area (Å²) < 4.78 is 12.1. The number of esters is 2. The number of ketones is 1. The van der Waals surface area contributed by atoms with Crippen LogP contribution in [0.15, 0.2) is 11.6 Å². The minimum atomic E-state index is -0.199. The van der Waals surface area contributed by atoms with E-state index in [2.05, 4.69) is 20.8 Å². The van der Waals surface area contributed by atoms with Gasteiger partial charge in [0, 0.05) is 19.3 Å². The lowest BCUT2D eigenvalue weighted by Gasteiger charge is -2.60. The third-order valence-electron chi connectivity index (χ3n) is 11.0. The lowest BCUT2D eigenvalue weighted by atomic mass is 9.45. The molecule has 0 aromatic carbocycles. The number of hydrogen-bond donors (Lipinski definition) is 0. The van der Waals surface area contributed by atoms with Gasteiger partial charge < -0.3 is 9.47 Å². The van der Waals surface area contributed by atoms with E-state index in [1.807, 2.05) is 13.0 Å². The third kappa shape index (κ3) is 3.67. The van der Waals surface area contributed by atoms with Gasteiger partial charge in [-0.15, -0.1) is 0 Å². The summed E-state index contributed by atoms with van der Waals surface area (Å²) in [4.78, 5) is 36.8. The van der Waals surface area contributed by atoms with Crippen LogP contribution in [0, 0.1) is 46.3 Å². The Morgan fingerprint density at radius 3 is 2.59 bits per heavy atom. The fraction of sp³-hybridized carbons (Fsp3) is 0.828. The summed E-state index contributed by atoms with van der Waals surface area (Å²) >= 11 is 0. The predicted octanol–water partition coefficient (Wildman–Crippen LogP) is 5.65.